The number of hydrogen-bond donors (Lipinski definition) is 3. The summed E-state index contributed by atoms with van der Waals surface area (Å²) in [5, 5.41) is 0. The van der Waals surface area contributed by atoms with Gasteiger partial charge in [0.2, 0.25) is 0 Å². The van der Waals surface area contributed by atoms with Crippen molar-refractivity contribution in [3.63, 3.8) is 0 Å². The number of methoxy groups -OCH3 is 1. The molecule has 0 aromatic rings. The quantitative estimate of drug-likeness (QED) is 0.563. The predicted molar refractivity (Wildman–Crippen MR) is 76.0 cm³/mol. The van der Waals surface area contributed by atoms with Crippen LogP contribution >= 0.6 is 0 Å². The summed E-state index contributed by atoms with van der Waals surface area (Å²) in [6.07, 6.45) is 4.85. The van der Waals surface area contributed by atoms with Crippen molar-refractivity contribution in [1.82, 2.24) is 9.44 Å². The third-order valence-corrected chi connectivity index (χ3v) is 5.27. The van der Waals surface area contributed by atoms with Crippen LogP contribution in [0.25, 0.3) is 0 Å². The van der Waals surface area contributed by atoms with Crippen LogP contribution in [0.5, 0.6) is 0 Å². The fraction of sp³-hybridized carbons (Fsp3) is 1.00. The smallest absolute Gasteiger partial charge is 0.277 e. The molecule has 0 heterocycles. The molecule has 4 N–H and O–H groups in total. The third kappa shape index (κ3) is 5.35. The highest BCUT2D eigenvalue weighted by atomic mass is 32.2. The summed E-state index contributed by atoms with van der Waals surface area (Å²) >= 11 is 0. The zero-order chi connectivity index (χ0) is 14.4. The highest BCUT2D eigenvalue weighted by molar-refractivity contribution is 7.87. The molecule has 1 aliphatic carbocycles. The van der Waals surface area contributed by atoms with E-state index in [1.165, 1.54) is 7.11 Å². The van der Waals surface area contributed by atoms with E-state index in [0.29, 0.717) is 19.1 Å². The lowest BCUT2D eigenvalue weighted by Gasteiger charge is -2.39. The molecule has 0 unspecified atom stereocenters. The van der Waals surface area contributed by atoms with Gasteiger partial charge in [-0.15, -0.1) is 0 Å². The third-order valence-electron chi connectivity index (χ3n) is 3.98. The van der Waals surface area contributed by atoms with Crippen molar-refractivity contribution in [2.45, 2.75) is 44.6 Å². The molecule has 1 fully saturated rings. The first-order valence-electron chi connectivity index (χ1n) is 6.94. The van der Waals surface area contributed by atoms with E-state index in [1.807, 2.05) is 0 Å². The molecular formula is C12H27N3O3S. The van der Waals surface area contributed by atoms with Crippen molar-refractivity contribution in [3.05, 3.63) is 0 Å². The van der Waals surface area contributed by atoms with Gasteiger partial charge in [0.15, 0.2) is 0 Å². The van der Waals surface area contributed by atoms with Gasteiger partial charge in [0.1, 0.15) is 0 Å². The number of rotatable bonds is 8. The fourth-order valence-electron chi connectivity index (χ4n) is 2.59. The van der Waals surface area contributed by atoms with E-state index in [2.05, 4.69) is 16.4 Å². The molecule has 0 spiro atoms. The average molecular weight is 293 g/mol. The Morgan fingerprint density at radius 2 is 2.00 bits per heavy atom. The van der Waals surface area contributed by atoms with Gasteiger partial charge >= 0.3 is 0 Å². The molecule has 7 heteroatoms. The van der Waals surface area contributed by atoms with Gasteiger partial charge in [-0.25, -0.2) is 0 Å². The van der Waals surface area contributed by atoms with Crippen molar-refractivity contribution in [3.8, 4) is 0 Å². The molecule has 1 saturated carbocycles. The molecule has 0 aliphatic heterocycles. The molecule has 1 rings (SSSR count). The maximum absolute atomic E-state index is 12.0. The van der Waals surface area contributed by atoms with E-state index in [1.54, 1.807) is 0 Å². The molecule has 0 bridgehead atoms. The molecule has 0 aromatic heterocycles. The minimum Gasteiger partial charge on any atom is -0.383 e. The Hall–Kier alpha value is -0.210. The largest absolute Gasteiger partial charge is 0.383 e. The molecular weight excluding hydrogens is 266 g/mol. The van der Waals surface area contributed by atoms with Crippen molar-refractivity contribution in [2.24, 2.45) is 11.7 Å². The first-order chi connectivity index (χ1) is 8.97. The molecule has 1 aliphatic rings. The minimum atomic E-state index is -3.51. The summed E-state index contributed by atoms with van der Waals surface area (Å²) in [6, 6.07) is 0. The summed E-state index contributed by atoms with van der Waals surface area (Å²) in [7, 11) is -1.97. The predicted octanol–water partition coefficient (Wildman–Crippen LogP) is 0.355. The average Bonchev–Trinajstić information content (AvgIpc) is 2.39. The van der Waals surface area contributed by atoms with Crippen molar-refractivity contribution in [2.75, 3.05) is 26.8 Å². The highest BCUT2D eigenvalue weighted by Gasteiger charge is 2.36. The van der Waals surface area contributed by atoms with Crippen LogP contribution in [0.1, 0.15) is 39.0 Å². The highest BCUT2D eigenvalue weighted by Crippen LogP contribution is 2.33. The first kappa shape index (κ1) is 16.8. The van der Waals surface area contributed by atoms with Crippen LogP contribution in [0.3, 0.4) is 0 Å². The van der Waals surface area contributed by atoms with Crippen molar-refractivity contribution in [1.29, 1.82) is 0 Å². The number of nitrogens with two attached hydrogens (primary N) is 1. The van der Waals surface area contributed by atoms with Crippen LogP contribution in [0.2, 0.25) is 0 Å². The Balaban J connectivity index is 2.56. The number of hydrogen-bond acceptors (Lipinski definition) is 4. The van der Waals surface area contributed by atoms with E-state index in [-0.39, 0.29) is 6.54 Å². The molecule has 0 radical (unpaired) electrons. The Morgan fingerprint density at radius 1 is 1.37 bits per heavy atom. The SMILES string of the molecule is CCC1CCC(CN)(NS(=O)(=O)NCCOC)CC1. The summed E-state index contributed by atoms with van der Waals surface area (Å²) < 4.78 is 34.0. The lowest BCUT2D eigenvalue weighted by molar-refractivity contribution is 0.202. The van der Waals surface area contributed by atoms with Crippen molar-refractivity contribution < 1.29 is 13.2 Å². The zero-order valence-corrected chi connectivity index (χ0v) is 12.8. The van der Waals surface area contributed by atoms with Gasteiger partial charge in [-0.1, -0.05) is 13.3 Å². The maximum atomic E-state index is 12.0. The molecule has 19 heavy (non-hydrogen) atoms. The van der Waals surface area contributed by atoms with Gasteiger partial charge in [0.25, 0.3) is 10.2 Å². The second-order valence-electron chi connectivity index (χ2n) is 5.33. The summed E-state index contributed by atoms with van der Waals surface area (Å²) in [5.74, 6) is 0.700. The van der Waals surface area contributed by atoms with E-state index in [9.17, 15) is 8.42 Å². The van der Waals surface area contributed by atoms with Crippen LogP contribution in [0, 0.1) is 5.92 Å². The topological polar surface area (TPSA) is 93.5 Å². The van der Waals surface area contributed by atoms with Gasteiger partial charge in [0, 0.05) is 25.7 Å². The minimum absolute atomic E-state index is 0.268. The number of nitrogens with one attached hydrogen (secondary N) is 2. The molecule has 0 aromatic carbocycles. The summed E-state index contributed by atoms with van der Waals surface area (Å²) in [4.78, 5) is 0. The Morgan fingerprint density at radius 3 is 2.47 bits per heavy atom. The summed E-state index contributed by atoms with van der Waals surface area (Å²) in [6.45, 7) is 3.14. The van der Waals surface area contributed by atoms with Gasteiger partial charge in [0.05, 0.1) is 6.61 Å². The van der Waals surface area contributed by atoms with Crippen molar-refractivity contribution >= 4 is 10.2 Å². The van der Waals surface area contributed by atoms with Crippen LogP contribution in [0.15, 0.2) is 0 Å². The molecule has 114 valence electrons. The van der Waals surface area contributed by atoms with Crippen LogP contribution in [-0.4, -0.2) is 40.8 Å². The Kier molecular flexibility index (Phi) is 6.68. The first-order valence-corrected chi connectivity index (χ1v) is 8.43. The molecule has 0 amide bonds. The molecule has 0 atom stereocenters. The standard InChI is InChI=1S/C12H27N3O3S/c1-3-11-4-6-12(10-13,7-5-11)15-19(16,17)14-8-9-18-2/h11,14-15H,3-10,13H2,1-2H3. The van der Waals surface area contributed by atoms with Gasteiger partial charge < -0.3 is 10.5 Å². The normalized spacial score (nSPS) is 28.5. The van der Waals surface area contributed by atoms with Crippen LogP contribution < -0.4 is 15.2 Å². The number of ether oxygens (including phenoxy) is 1. The van der Waals surface area contributed by atoms with Gasteiger partial charge in [-0.3, -0.25) is 0 Å². The lowest BCUT2D eigenvalue weighted by Crippen LogP contribution is -2.58. The van der Waals surface area contributed by atoms with E-state index in [4.69, 9.17) is 10.5 Å². The van der Waals surface area contributed by atoms with Gasteiger partial charge in [-0.2, -0.15) is 17.9 Å². The van der Waals surface area contributed by atoms with E-state index in [0.717, 1.165) is 32.1 Å². The fourth-order valence-corrected chi connectivity index (χ4v) is 3.87. The lowest BCUT2D eigenvalue weighted by atomic mass is 9.76. The Labute approximate surface area is 116 Å². The molecule has 6 nitrogen and oxygen atoms in total. The maximum Gasteiger partial charge on any atom is 0.277 e. The van der Waals surface area contributed by atoms with E-state index < -0.39 is 15.7 Å². The monoisotopic (exact) mass is 293 g/mol. The second kappa shape index (κ2) is 7.54. The Bertz CT molecular complexity index is 351. The second-order valence-corrected chi connectivity index (χ2v) is 6.83. The molecule has 0 saturated heterocycles. The zero-order valence-electron chi connectivity index (χ0n) is 11.9. The van der Waals surface area contributed by atoms with E-state index >= 15 is 0 Å². The van der Waals surface area contributed by atoms with Crippen LogP contribution in [-0.2, 0) is 14.9 Å². The summed E-state index contributed by atoms with van der Waals surface area (Å²) in [5.41, 5.74) is 5.33. The van der Waals surface area contributed by atoms with Crippen LogP contribution in [0.4, 0.5) is 0 Å². The van der Waals surface area contributed by atoms with Gasteiger partial charge in [-0.05, 0) is 31.6 Å².